The first kappa shape index (κ1) is 20.3. The van der Waals surface area contributed by atoms with Crippen LogP contribution in [-0.4, -0.2) is 31.1 Å². The van der Waals surface area contributed by atoms with E-state index < -0.39 is 0 Å². The maximum atomic E-state index is 5.90. The summed E-state index contributed by atoms with van der Waals surface area (Å²) in [4.78, 5) is 8.32. The highest BCUT2D eigenvalue weighted by Crippen LogP contribution is 2.20. The van der Waals surface area contributed by atoms with Crippen LogP contribution in [0.1, 0.15) is 11.1 Å². The van der Waals surface area contributed by atoms with Crippen LogP contribution in [0.2, 0.25) is 0 Å². The molecule has 0 bridgehead atoms. The number of benzene rings is 2. The number of hydrogen-bond acceptors (Lipinski definition) is 7. The molecular formula is C22H19N7OS. The minimum absolute atomic E-state index is 0.414. The Labute approximate surface area is 183 Å². The van der Waals surface area contributed by atoms with Crippen LogP contribution in [0.3, 0.4) is 0 Å². The molecule has 2 heterocycles. The summed E-state index contributed by atoms with van der Waals surface area (Å²) in [5.41, 5.74) is 7.96. The number of ether oxygens (including phenoxy) is 1. The van der Waals surface area contributed by atoms with E-state index in [0.29, 0.717) is 22.6 Å². The van der Waals surface area contributed by atoms with E-state index in [1.807, 2.05) is 60.7 Å². The fourth-order valence-corrected chi connectivity index (χ4v) is 3.18. The van der Waals surface area contributed by atoms with Gasteiger partial charge in [-0.15, -0.1) is 5.10 Å². The lowest BCUT2D eigenvalue weighted by atomic mass is 10.2. The zero-order valence-corrected chi connectivity index (χ0v) is 17.3. The first-order valence-electron chi connectivity index (χ1n) is 9.39. The Hall–Kier alpha value is -3.98. The van der Waals surface area contributed by atoms with Crippen LogP contribution in [0.25, 0.3) is 5.82 Å². The number of hydrogen-bond donors (Lipinski definition) is 1. The molecule has 2 aromatic carbocycles. The molecule has 154 valence electrons. The molecule has 31 heavy (non-hydrogen) atoms. The quantitative estimate of drug-likeness (QED) is 0.270. The maximum absolute atomic E-state index is 5.90. The van der Waals surface area contributed by atoms with Gasteiger partial charge in [0.2, 0.25) is 5.88 Å². The van der Waals surface area contributed by atoms with Gasteiger partial charge in [-0.05, 0) is 41.5 Å². The highest BCUT2D eigenvalue weighted by Gasteiger charge is 2.04. The normalized spacial score (nSPS) is 11.7. The van der Waals surface area contributed by atoms with Gasteiger partial charge in [0.05, 0.1) is 6.21 Å². The molecular weight excluding hydrogens is 410 g/mol. The van der Waals surface area contributed by atoms with E-state index in [1.165, 1.54) is 23.7 Å². The van der Waals surface area contributed by atoms with Crippen LogP contribution in [0.15, 0.2) is 95.7 Å². The molecule has 9 heteroatoms. The van der Waals surface area contributed by atoms with Crippen molar-refractivity contribution in [1.82, 2.24) is 19.7 Å². The number of thioether (sulfide) groups is 1. The SMILES string of the molecule is NC(=NN=Cc1ccc(Oc2cc(-n3cccn3)ncn2)cc1)SCc1ccccc1. The standard InChI is InChI=1S/C22H19N7OS/c23-22(31-15-18-5-2-1-3-6-18)28-26-14-17-7-9-19(10-8-17)30-21-13-20(24-16-25-21)29-12-4-11-27-29/h1-14,16H,15H2,(H2,23,28). The Kier molecular flexibility index (Phi) is 6.66. The van der Waals surface area contributed by atoms with E-state index in [4.69, 9.17) is 10.5 Å². The van der Waals surface area contributed by atoms with Crippen molar-refractivity contribution >= 4 is 23.1 Å². The third-order valence-corrected chi connectivity index (χ3v) is 4.92. The van der Waals surface area contributed by atoms with Gasteiger partial charge in [0.25, 0.3) is 0 Å². The lowest BCUT2D eigenvalue weighted by molar-refractivity contribution is 0.460. The third-order valence-electron chi connectivity index (χ3n) is 4.06. The number of aromatic nitrogens is 4. The van der Waals surface area contributed by atoms with Crippen molar-refractivity contribution in [3.63, 3.8) is 0 Å². The summed E-state index contributed by atoms with van der Waals surface area (Å²) in [7, 11) is 0. The molecule has 0 saturated heterocycles. The summed E-state index contributed by atoms with van der Waals surface area (Å²) in [6.07, 6.45) is 6.56. The van der Waals surface area contributed by atoms with Crippen molar-refractivity contribution in [1.29, 1.82) is 0 Å². The van der Waals surface area contributed by atoms with E-state index in [1.54, 1.807) is 29.4 Å². The average molecular weight is 430 g/mol. The second kappa shape index (κ2) is 10.2. The van der Waals surface area contributed by atoms with Crippen LogP contribution >= 0.6 is 11.8 Å². The zero-order valence-electron chi connectivity index (χ0n) is 16.4. The molecule has 0 amide bonds. The van der Waals surface area contributed by atoms with Gasteiger partial charge in [-0.25, -0.2) is 14.6 Å². The molecule has 0 aliphatic rings. The molecule has 2 aromatic heterocycles. The molecule has 0 aliphatic heterocycles. The molecule has 0 spiro atoms. The molecule has 0 unspecified atom stereocenters. The Morgan fingerprint density at radius 2 is 1.90 bits per heavy atom. The van der Waals surface area contributed by atoms with E-state index in [0.717, 1.165) is 11.3 Å². The minimum Gasteiger partial charge on any atom is -0.439 e. The molecule has 2 N–H and O–H groups in total. The highest BCUT2D eigenvalue weighted by atomic mass is 32.2. The van der Waals surface area contributed by atoms with Gasteiger partial charge in [-0.2, -0.15) is 10.2 Å². The summed E-state index contributed by atoms with van der Waals surface area (Å²) in [5.74, 6) is 2.45. The summed E-state index contributed by atoms with van der Waals surface area (Å²) in [5, 5.41) is 12.6. The number of rotatable bonds is 7. The van der Waals surface area contributed by atoms with E-state index in [-0.39, 0.29) is 0 Å². The predicted molar refractivity (Wildman–Crippen MR) is 123 cm³/mol. The summed E-state index contributed by atoms with van der Waals surface area (Å²) in [6.45, 7) is 0. The number of nitrogens with two attached hydrogens (primary N) is 1. The van der Waals surface area contributed by atoms with Crippen LogP contribution in [0.5, 0.6) is 11.6 Å². The summed E-state index contributed by atoms with van der Waals surface area (Å²) >= 11 is 1.44. The van der Waals surface area contributed by atoms with Crippen molar-refractivity contribution in [2.75, 3.05) is 0 Å². The van der Waals surface area contributed by atoms with Crippen molar-refractivity contribution in [2.45, 2.75) is 5.75 Å². The smallest absolute Gasteiger partial charge is 0.224 e. The average Bonchev–Trinajstić information content (AvgIpc) is 3.35. The van der Waals surface area contributed by atoms with Gasteiger partial charge in [-0.1, -0.05) is 42.1 Å². The van der Waals surface area contributed by atoms with E-state index in [2.05, 4.69) is 25.3 Å². The molecule has 0 aliphatic carbocycles. The van der Waals surface area contributed by atoms with Crippen LogP contribution in [-0.2, 0) is 5.75 Å². The summed E-state index contributed by atoms with van der Waals surface area (Å²) in [6, 6.07) is 21.0. The van der Waals surface area contributed by atoms with Gasteiger partial charge >= 0.3 is 0 Å². The van der Waals surface area contributed by atoms with Crippen LogP contribution < -0.4 is 10.5 Å². The first-order chi connectivity index (χ1) is 15.3. The van der Waals surface area contributed by atoms with Crippen molar-refractivity contribution < 1.29 is 4.74 Å². The summed E-state index contributed by atoms with van der Waals surface area (Å²) < 4.78 is 7.44. The molecule has 4 aromatic rings. The highest BCUT2D eigenvalue weighted by molar-refractivity contribution is 8.13. The Morgan fingerprint density at radius 1 is 1.06 bits per heavy atom. The predicted octanol–water partition coefficient (Wildman–Crippen LogP) is 4.04. The van der Waals surface area contributed by atoms with Crippen LogP contribution in [0, 0.1) is 0 Å². The molecule has 4 rings (SSSR count). The number of nitrogens with zero attached hydrogens (tertiary/aromatic N) is 6. The van der Waals surface area contributed by atoms with Crippen molar-refractivity contribution in [2.24, 2.45) is 15.9 Å². The van der Waals surface area contributed by atoms with Crippen molar-refractivity contribution in [3.05, 3.63) is 96.6 Å². The maximum Gasteiger partial charge on any atom is 0.224 e. The third kappa shape index (κ3) is 6.00. The lowest BCUT2D eigenvalue weighted by Gasteiger charge is -2.06. The topological polar surface area (TPSA) is 104 Å². The molecule has 0 atom stereocenters. The molecule has 0 saturated carbocycles. The first-order valence-corrected chi connectivity index (χ1v) is 10.4. The second-order valence-corrected chi connectivity index (χ2v) is 7.29. The van der Waals surface area contributed by atoms with Crippen molar-refractivity contribution in [3.8, 4) is 17.4 Å². The fraction of sp³-hybridized carbons (Fsp3) is 0.0455. The Morgan fingerprint density at radius 3 is 2.68 bits per heavy atom. The fourth-order valence-electron chi connectivity index (χ4n) is 2.57. The molecule has 0 fully saturated rings. The van der Waals surface area contributed by atoms with Gasteiger partial charge in [-0.3, -0.25) is 0 Å². The van der Waals surface area contributed by atoms with Gasteiger partial charge in [0.1, 0.15) is 12.1 Å². The van der Waals surface area contributed by atoms with Gasteiger partial charge in [0.15, 0.2) is 11.0 Å². The zero-order chi connectivity index (χ0) is 21.3. The Balaban J connectivity index is 1.32. The van der Waals surface area contributed by atoms with Crippen LogP contribution in [0.4, 0.5) is 0 Å². The lowest BCUT2D eigenvalue weighted by Crippen LogP contribution is -2.05. The number of amidine groups is 1. The molecule has 0 radical (unpaired) electrons. The Bertz CT molecular complexity index is 1160. The molecule has 8 nitrogen and oxygen atoms in total. The monoisotopic (exact) mass is 429 g/mol. The van der Waals surface area contributed by atoms with E-state index >= 15 is 0 Å². The second-order valence-electron chi connectivity index (χ2n) is 6.29. The van der Waals surface area contributed by atoms with Gasteiger partial charge in [0, 0.05) is 24.2 Å². The largest absolute Gasteiger partial charge is 0.439 e. The minimum atomic E-state index is 0.414. The van der Waals surface area contributed by atoms with E-state index in [9.17, 15) is 0 Å². The van der Waals surface area contributed by atoms with Gasteiger partial charge < -0.3 is 10.5 Å².